The van der Waals surface area contributed by atoms with Gasteiger partial charge in [0.05, 0.1) is 11.3 Å². The van der Waals surface area contributed by atoms with Crippen LogP contribution in [0.15, 0.2) is 18.2 Å². The first-order valence-electron chi connectivity index (χ1n) is 6.44. The molecule has 1 aliphatic heterocycles. The first kappa shape index (κ1) is 13.8. The molecule has 0 spiro atoms. The maximum atomic E-state index is 14.1. The van der Waals surface area contributed by atoms with Gasteiger partial charge in [-0.2, -0.15) is 0 Å². The summed E-state index contributed by atoms with van der Waals surface area (Å²) in [5, 5.41) is 9.21. The van der Waals surface area contributed by atoms with Gasteiger partial charge >= 0.3 is 5.97 Å². The topological polar surface area (TPSA) is 43.8 Å². The Morgan fingerprint density at radius 2 is 2.26 bits per heavy atom. The predicted octanol–water partition coefficient (Wildman–Crippen LogP) is 2.05. The number of halogens is 1. The lowest BCUT2D eigenvalue weighted by molar-refractivity contribution is 0.0697. The van der Waals surface area contributed by atoms with Crippen molar-refractivity contribution in [3.63, 3.8) is 0 Å². The first-order chi connectivity index (χ1) is 9.00. The highest BCUT2D eigenvalue weighted by atomic mass is 19.1. The Kier molecular flexibility index (Phi) is 4.04. The molecule has 1 aliphatic rings. The molecule has 1 N–H and O–H groups in total. The molecule has 1 atom stereocenters. The Bertz CT molecular complexity index is 477. The number of likely N-dealkylation sites (N-methyl/N-ethyl adjacent to an activating group) is 1. The van der Waals surface area contributed by atoms with E-state index >= 15 is 0 Å². The number of carbonyl (C=O) groups is 1. The number of benzene rings is 1. The summed E-state index contributed by atoms with van der Waals surface area (Å²) in [6.07, 6.45) is 1.93. The summed E-state index contributed by atoms with van der Waals surface area (Å²) in [5.41, 5.74) is 0.282. The van der Waals surface area contributed by atoms with Crippen molar-refractivity contribution in [2.75, 3.05) is 32.1 Å². The average molecular weight is 266 g/mol. The quantitative estimate of drug-likeness (QED) is 0.906. The predicted molar refractivity (Wildman–Crippen MR) is 72.3 cm³/mol. The van der Waals surface area contributed by atoms with Gasteiger partial charge in [0, 0.05) is 19.1 Å². The van der Waals surface area contributed by atoms with E-state index in [4.69, 9.17) is 0 Å². The van der Waals surface area contributed by atoms with Crippen LogP contribution in [-0.2, 0) is 0 Å². The van der Waals surface area contributed by atoms with Crippen LogP contribution in [0.4, 0.5) is 10.1 Å². The van der Waals surface area contributed by atoms with E-state index in [9.17, 15) is 14.3 Å². The van der Waals surface area contributed by atoms with E-state index in [1.54, 1.807) is 0 Å². The van der Waals surface area contributed by atoms with E-state index in [1.807, 2.05) is 23.9 Å². The minimum Gasteiger partial charge on any atom is -0.478 e. The van der Waals surface area contributed by atoms with Gasteiger partial charge in [0.1, 0.15) is 5.82 Å². The number of rotatable bonds is 4. The molecule has 104 valence electrons. The van der Waals surface area contributed by atoms with Crippen molar-refractivity contribution >= 4 is 11.7 Å². The summed E-state index contributed by atoms with van der Waals surface area (Å²) in [7, 11) is 3.94. The highest BCUT2D eigenvalue weighted by Gasteiger charge is 2.30. The van der Waals surface area contributed by atoms with Crippen LogP contribution in [0.5, 0.6) is 0 Å². The zero-order valence-electron chi connectivity index (χ0n) is 11.3. The van der Waals surface area contributed by atoms with E-state index in [-0.39, 0.29) is 17.3 Å². The van der Waals surface area contributed by atoms with Crippen molar-refractivity contribution in [3.05, 3.63) is 29.6 Å². The van der Waals surface area contributed by atoms with Gasteiger partial charge in [-0.05, 0) is 39.1 Å². The zero-order valence-corrected chi connectivity index (χ0v) is 11.3. The monoisotopic (exact) mass is 266 g/mol. The number of hydrogen-bond acceptors (Lipinski definition) is 3. The fourth-order valence-corrected chi connectivity index (χ4v) is 2.72. The largest absolute Gasteiger partial charge is 0.478 e. The number of hydrogen-bond donors (Lipinski definition) is 1. The molecule has 19 heavy (non-hydrogen) atoms. The third-order valence-electron chi connectivity index (χ3n) is 3.46. The molecule has 5 heteroatoms. The van der Waals surface area contributed by atoms with Crippen LogP contribution in [-0.4, -0.2) is 49.2 Å². The van der Waals surface area contributed by atoms with E-state index < -0.39 is 11.8 Å². The number of anilines is 1. The molecule has 0 aromatic heterocycles. The van der Waals surface area contributed by atoms with E-state index in [0.29, 0.717) is 6.54 Å². The summed E-state index contributed by atoms with van der Waals surface area (Å²) < 4.78 is 14.1. The lowest BCUT2D eigenvalue weighted by Gasteiger charge is -2.30. The van der Waals surface area contributed by atoms with Crippen molar-refractivity contribution in [2.24, 2.45) is 0 Å². The Labute approximate surface area is 112 Å². The number of carboxylic acids is 1. The zero-order chi connectivity index (χ0) is 14.0. The molecule has 4 nitrogen and oxygen atoms in total. The van der Waals surface area contributed by atoms with Crippen molar-refractivity contribution in [1.82, 2.24) is 4.90 Å². The first-order valence-corrected chi connectivity index (χ1v) is 6.44. The third kappa shape index (κ3) is 2.87. The fourth-order valence-electron chi connectivity index (χ4n) is 2.72. The standard InChI is InChI=1S/C14H19FN2O2/c1-16(2)9-10-5-4-8-17(10)13-11(14(18)19)6-3-7-12(13)15/h3,6-7,10H,4-5,8-9H2,1-2H3,(H,18,19). The number of carboxylic acid groups (broad SMARTS) is 1. The number of nitrogens with zero attached hydrogens (tertiary/aromatic N) is 2. The molecule has 0 bridgehead atoms. The third-order valence-corrected chi connectivity index (χ3v) is 3.46. The van der Waals surface area contributed by atoms with Crippen molar-refractivity contribution in [1.29, 1.82) is 0 Å². The minimum absolute atomic E-state index is 0.0469. The van der Waals surface area contributed by atoms with E-state index in [1.165, 1.54) is 18.2 Å². The van der Waals surface area contributed by atoms with Crippen molar-refractivity contribution in [3.8, 4) is 0 Å². The summed E-state index contributed by atoms with van der Waals surface area (Å²) in [6, 6.07) is 4.41. The smallest absolute Gasteiger partial charge is 0.337 e. The molecular weight excluding hydrogens is 247 g/mol. The number of aromatic carboxylic acids is 1. The highest BCUT2D eigenvalue weighted by molar-refractivity contribution is 5.94. The van der Waals surface area contributed by atoms with Crippen LogP contribution < -0.4 is 4.90 Å². The molecule has 0 amide bonds. The van der Waals surface area contributed by atoms with Gasteiger partial charge in [-0.1, -0.05) is 6.07 Å². The molecule has 1 saturated heterocycles. The second-order valence-corrected chi connectivity index (χ2v) is 5.19. The van der Waals surface area contributed by atoms with Crippen LogP contribution in [0.2, 0.25) is 0 Å². The van der Waals surface area contributed by atoms with Gasteiger partial charge in [0.2, 0.25) is 0 Å². The molecule has 2 rings (SSSR count). The van der Waals surface area contributed by atoms with Crippen molar-refractivity contribution < 1.29 is 14.3 Å². The Morgan fingerprint density at radius 1 is 1.53 bits per heavy atom. The van der Waals surface area contributed by atoms with Crippen LogP contribution in [0.3, 0.4) is 0 Å². The molecule has 0 saturated carbocycles. The van der Waals surface area contributed by atoms with Gasteiger partial charge in [-0.25, -0.2) is 9.18 Å². The summed E-state index contributed by atoms with van der Waals surface area (Å²) in [6.45, 7) is 1.51. The van der Waals surface area contributed by atoms with Gasteiger partial charge in [0.25, 0.3) is 0 Å². The fraction of sp³-hybridized carbons (Fsp3) is 0.500. The minimum atomic E-state index is -1.08. The Morgan fingerprint density at radius 3 is 2.89 bits per heavy atom. The van der Waals surface area contributed by atoms with Gasteiger partial charge < -0.3 is 14.9 Å². The lowest BCUT2D eigenvalue weighted by atomic mass is 10.1. The normalized spacial score (nSPS) is 19.2. The number of para-hydroxylation sites is 1. The van der Waals surface area contributed by atoms with Gasteiger partial charge in [0.15, 0.2) is 0 Å². The average Bonchev–Trinajstić information content (AvgIpc) is 2.75. The molecule has 1 unspecified atom stereocenters. The molecule has 1 aromatic rings. The molecule has 1 aromatic carbocycles. The lowest BCUT2D eigenvalue weighted by Crippen LogP contribution is -2.38. The molecule has 1 fully saturated rings. The summed E-state index contributed by atoms with van der Waals surface area (Å²) in [5.74, 6) is -1.53. The Balaban J connectivity index is 2.37. The van der Waals surface area contributed by atoms with Crippen molar-refractivity contribution in [2.45, 2.75) is 18.9 Å². The highest BCUT2D eigenvalue weighted by Crippen LogP contribution is 2.31. The summed E-state index contributed by atoms with van der Waals surface area (Å²) in [4.78, 5) is 15.2. The second-order valence-electron chi connectivity index (χ2n) is 5.19. The van der Waals surface area contributed by atoms with Gasteiger partial charge in [-0.15, -0.1) is 0 Å². The summed E-state index contributed by atoms with van der Waals surface area (Å²) >= 11 is 0. The molecular formula is C14H19FN2O2. The van der Waals surface area contributed by atoms with E-state index in [0.717, 1.165) is 19.4 Å². The van der Waals surface area contributed by atoms with E-state index in [2.05, 4.69) is 0 Å². The van der Waals surface area contributed by atoms with Crippen LogP contribution in [0.1, 0.15) is 23.2 Å². The maximum Gasteiger partial charge on any atom is 0.337 e. The molecule has 0 aliphatic carbocycles. The Hall–Kier alpha value is -1.62. The van der Waals surface area contributed by atoms with Gasteiger partial charge in [-0.3, -0.25) is 0 Å². The molecule has 0 radical (unpaired) electrons. The van der Waals surface area contributed by atoms with Crippen LogP contribution in [0, 0.1) is 5.82 Å². The molecule has 1 heterocycles. The SMILES string of the molecule is CN(C)CC1CCCN1c1c(F)cccc1C(=O)O. The second kappa shape index (κ2) is 5.57. The maximum absolute atomic E-state index is 14.1. The van der Waals surface area contributed by atoms with Crippen LogP contribution >= 0.6 is 0 Å². The van der Waals surface area contributed by atoms with Crippen LogP contribution in [0.25, 0.3) is 0 Å².